The molecule has 5 rings (SSSR count). The van der Waals surface area contributed by atoms with E-state index in [1.807, 2.05) is 48.5 Å². The summed E-state index contributed by atoms with van der Waals surface area (Å²) in [5, 5.41) is -1.79. The van der Waals surface area contributed by atoms with Gasteiger partial charge in [0, 0.05) is 0 Å². The Bertz CT molecular complexity index is 1330. The number of carbonyl (C=O) groups is 3. The maximum atomic E-state index is 13.3. The number of Topliss-reactive ketones (excluding diaryl/α,β-unsaturated/α-hetero) is 1. The molecular weight excluding hydrogens is 501 g/mol. The average molecular weight is 517 g/mol. The number of thioether (sulfide) groups is 1. The normalized spacial score (nSPS) is 21.5. The van der Waals surface area contributed by atoms with Gasteiger partial charge in [0.25, 0.3) is 5.78 Å². The summed E-state index contributed by atoms with van der Waals surface area (Å²) >= 11 is 8.39. The maximum absolute atomic E-state index is 13.3. The van der Waals surface area contributed by atoms with Crippen LogP contribution in [0.15, 0.2) is 52.9 Å². The van der Waals surface area contributed by atoms with E-state index < -0.39 is 33.8 Å². The van der Waals surface area contributed by atoms with Gasteiger partial charge in [-0.2, -0.15) is 12.6 Å². The Morgan fingerprint density at radius 3 is 2.39 bits per heavy atom. The summed E-state index contributed by atoms with van der Waals surface area (Å²) in [6.45, 7) is 1.69. The van der Waals surface area contributed by atoms with E-state index in [0.717, 1.165) is 32.2 Å². The smallest absolute Gasteiger partial charge is 0.377 e. The van der Waals surface area contributed by atoms with Crippen molar-refractivity contribution >= 4 is 85.2 Å². The van der Waals surface area contributed by atoms with Gasteiger partial charge >= 0.3 is 11.9 Å². The molecule has 1 aliphatic rings. The fourth-order valence-electron chi connectivity index (χ4n) is 3.60. The number of hydrogen-bond acceptors (Lipinski definition) is 11. The number of ketones is 1. The topological polar surface area (TPSA) is 95.5 Å². The Morgan fingerprint density at radius 2 is 1.76 bits per heavy atom. The van der Waals surface area contributed by atoms with Crippen molar-refractivity contribution in [2.24, 2.45) is 0 Å². The van der Waals surface area contributed by atoms with Crippen LogP contribution in [0.5, 0.6) is 0 Å². The van der Waals surface area contributed by atoms with E-state index in [2.05, 4.69) is 22.6 Å². The molecule has 1 fully saturated rings. The number of carbonyl (C=O) groups excluding carboxylic acids is 3. The Labute approximate surface area is 205 Å². The molecule has 0 aliphatic carbocycles. The molecule has 0 radical (unpaired) electrons. The predicted octanol–water partition coefficient (Wildman–Crippen LogP) is 4.47. The number of thiazole rings is 2. The fourth-order valence-corrected chi connectivity index (χ4v) is 7.70. The lowest BCUT2D eigenvalue weighted by atomic mass is 9.94. The summed E-state index contributed by atoms with van der Waals surface area (Å²) in [5.74, 6) is -2.75. The van der Waals surface area contributed by atoms with Gasteiger partial charge in [0.2, 0.25) is 5.60 Å². The lowest BCUT2D eigenvalue weighted by Crippen LogP contribution is -2.51. The third kappa shape index (κ3) is 3.72. The summed E-state index contributed by atoms with van der Waals surface area (Å²) in [6.07, 6.45) is 0. The van der Waals surface area contributed by atoms with Crippen LogP contribution in [0.2, 0.25) is 0 Å². The number of ether oxygens (including phenoxy) is 2. The number of aromatic nitrogens is 2. The van der Waals surface area contributed by atoms with Gasteiger partial charge in [-0.1, -0.05) is 36.0 Å². The Hall–Kier alpha value is -2.47. The summed E-state index contributed by atoms with van der Waals surface area (Å²) in [7, 11) is 0. The molecule has 2 aromatic heterocycles. The number of nitrogens with zero attached hydrogens (tertiary/aromatic N) is 2. The van der Waals surface area contributed by atoms with E-state index in [9.17, 15) is 14.4 Å². The number of thiol groups is 1. The molecule has 0 amide bonds. The van der Waals surface area contributed by atoms with Crippen LogP contribution in [0.25, 0.3) is 20.4 Å². The van der Waals surface area contributed by atoms with Crippen molar-refractivity contribution in [3.8, 4) is 0 Å². The second-order valence-corrected chi connectivity index (χ2v) is 11.1. The van der Waals surface area contributed by atoms with Crippen molar-refractivity contribution in [2.75, 3.05) is 6.61 Å². The SMILES string of the molecule is CCOC(=O)C1(C(S)c2nc3ccccc3s2)OC(=O)C(=O)C1Sc1nc2ccccc2s1. The third-order valence-electron chi connectivity index (χ3n) is 5.13. The molecule has 2 aromatic carbocycles. The molecule has 3 atom stereocenters. The lowest BCUT2D eigenvalue weighted by molar-refractivity contribution is -0.174. The van der Waals surface area contributed by atoms with Crippen molar-refractivity contribution in [3.63, 3.8) is 0 Å². The van der Waals surface area contributed by atoms with E-state index in [4.69, 9.17) is 9.47 Å². The summed E-state index contributed by atoms with van der Waals surface area (Å²) in [4.78, 5) is 47.9. The first-order chi connectivity index (χ1) is 15.9. The second-order valence-electron chi connectivity index (χ2n) is 7.14. The highest BCUT2D eigenvalue weighted by Gasteiger charge is 2.66. The standard InChI is InChI=1S/C22H16N2O5S4/c1-2-28-20(27)22(16(30)18-23-11-7-3-5-9-13(11)31-18)17(15(25)19(26)29-22)33-21-24-12-8-4-6-10-14(12)32-21/h3-10,16-17,30H,2H2,1H3. The molecule has 0 bridgehead atoms. The fraction of sp³-hybridized carbons (Fsp3) is 0.227. The molecule has 0 saturated carbocycles. The average Bonchev–Trinajstić information content (AvgIpc) is 3.49. The maximum Gasteiger partial charge on any atom is 0.377 e. The minimum atomic E-state index is -1.98. The minimum Gasteiger partial charge on any atom is -0.463 e. The molecule has 7 nitrogen and oxygen atoms in total. The first kappa shape index (κ1) is 22.3. The van der Waals surface area contributed by atoms with Crippen LogP contribution in [0.3, 0.4) is 0 Å². The first-order valence-corrected chi connectivity index (χ1v) is 13.0. The minimum absolute atomic E-state index is 0.0468. The largest absolute Gasteiger partial charge is 0.463 e. The van der Waals surface area contributed by atoms with Gasteiger partial charge in [-0.25, -0.2) is 19.6 Å². The van der Waals surface area contributed by atoms with Gasteiger partial charge in [-0.05, 0) is 31.2 Å². The Morgan fingerprint density at radius 1 is 1.12 bits per heavy atom. The van der Waals surface area contributed by atoms with Crippen LogP contribution < -0.4 is 0 Å². The summed E-state index contributed by atoms with van der Waals surface area (Å²) < 4.78 is 13.2. The van der Waals surface area contributed by atoms with Gasteiger partial charge < -0.3 is 9.47 Å². The van der Waals surface area contributed by atoms with Crippen molar-refractivity contribution in [2.45, 2.75) is 27.4 Å². The number of cyclic esters (lactones) is 1. The molecular formula is C22H16N2O5S4. The quantitative estimate of drug-likeness (QED) is 0.228. The Kier molecular flexibility index (Phi) is 5.89. The van der Waals surface area contributed by atoms with Crippen LogP contribution in [-0.4, -0.2) is 45.1 Å². The number of benzene rings is 2. The Balaban J connectivity index is 1.61. The number of rotatable bonds is 6. The highest BCUT2D eigenvalue weighted by molar-refractivity contribution is 8.02. The van der Waals surface area contributed by atoms with Crippen LogP contribution in [0.1, 0.15) is 17.2 Å². The van der Waals surface area contributed by atoms with Crippen LogP contribution in [0, 0.1) is 0 Å². The molecule has 1 saturated heterocycles. The molecule has 3 unspecified atom stereocenters. The zero-order chi connectivity index (χ0) is 23.2. The molecule has 0 N–H and O–H groups in total. The van der Waals surface area contributed by atoms with Crippen LogP contribution in [0.4, 0.5) is 0 Å². The molecule has 33 heavy (non-hydrogen) atoms. The molecule has 3 heterocycles. The van der Waals surface area contributed by atoms with Crippen LogP contribution >= 0.6 is 47.1 Å². The van der Waals surface area contributed by atoms with Crippen molar-refractivity contribution in [1.29, 1.82) is 0 Å². The monoisotopic (exact) mass is 516 g/mol. The van der Waals surface area contributed by atoms with Gasteiger partial charge in [-0.15, -0.1) is 22.7 Å². The van der Waals surface area contributed by atoms with Crippen LogP contribution in [-0.2, 0) is 23.9 Å². The first-order valence-electron chi connectivity index (χ1n) is 9.94. The number of para-hydroxylation sites is 2. The molecule has 4 aromatic rings. The number of esters is 2. The van der Waals surface area contributed by atoms with Crippen molar-refractivity contribution in [3.05, 3.63) is 53.5 Å². The zero-order valence-electron chi connectivity index (χ0n) is 17.1. The van der Waals surface area contributed by atoms with E-state index in [0.29, 0.717) is 9.35 Å². The van der Waals surface area contributed by atoms with E-state index in [1.165, 1.54) is 22.7 Å². The van der Waals surface area contributed by atoms with Crippen molar-refractivity contribution < 1.29 is 23.9 Å². The molecule has 0 spiro atoms. The summed E-state index contributed by atoms with van der Waals surface area (Å²) in [5.41, 5.74) is -0.497. The molecule has 1 aliphatic heterocycles. The van der Waals surface area contributed by atoms with Gasteiger partial charge in [0.1, 0.15) is 15.5 Å². The van der Waals surface area contributed by atoms with E-state index in [-0.39, 0.29) is 6.61 Å². The number of fused-ring (bicyclic) bond motifs is 2. The second kappa shape index (κ2) is 8.71. The highest BCUT2D eigenvalue weighted by Crippen LogP contribution is 2.50. The van der Waals surface area contributed by atoms with E-state index >= 15 is 0 Å². The van der Waals surface area contributed by atoms with Gasteiger partial charge in [0.05, 0.1) is 27.0 Å². The molecule has 168 valence electrons. The van der Waals surface area contributed by atoms with Crippen molar-refractivity contribution in [1.82, 2.24) is 9.97 Å². The van der Waals surface area contributed by atoms with Gasteiger partial charge in [-0.3, -0.25) is 4.79 Å². The number of hydrogen-bond donors (Lipinski definition) is 1. The van der Waals surface area contributed by atoms with E-state index in [1.54, 1.807) is 6.92 Å². The lowest BCUT2D eigenvalue weighted by Gasteiger charge is -2.32. The predicted molar refractivity (Wildman–Crippen MR) is 131 cm³/mol. The highest BCUT2D eigenvalue weighted by atomic mass is 32.2. The summed E-state index contributed by atoms with van der Waals surface area (Å²) in [6, 6.07) is 15.0. The zero-order valence-corrected chi connectivity index (χ0v) is 20.4. The third-order valence-corrected chi connectivity index (χ3v) is 9.50. The van der Waals surface area contributed by atoms with Gasteiger partial charge in [0.15, 0.2) is 4.34 Å². The molecule has 11 heteroatoms.